The molecule has 1 aromatic carbocycles. The number of thiophene rings is 1. The normalized spacial score (nSPS) is 11.6. The molecule has 10 heteroatoms. The van der Waals surface area contributed by atoms with Crippen molar-refractivity contribution in [3.8, 4) is 0 Å². The minimum Gasteiger partial charge on any atom is -0.272 e. The first-order valence-electron chi connectivity index (χ1n) is 8.16. The minimum absolute atomic E-state index is 0.0616. The summed E-state index contributed by atoms with van der Waals surface area (Å²) in [7, 11) is -3.82. The molecular weight excluding hydrogens is 388 g/mol. The lowest BCUT2D eigenvalue weighted by atomic mass is 10.2. The molecule has 0 aliphatic rings. The molecule has 0 aliphatic heterocycles. The maximum atomic E-state index is 12.4. The molecule has 0 radical (unpaired) electrons. The number of sulfonamides is 1. The standard InChI is InChI=1S/C17H18N4O4S2/c1-3-12-8-14-16(26-12)18-10-21(17(14)23)20-15(22)9-19-27(24,25)13-6-4-11(2)5-7-13/h4-8,10,19H,3,9H2,1-2H3,(H,20,22). The van der Waals surface area contributed by atoms with Gasteiger partial charge in [0.2, 0.25) is 10.0 Å². The first-order chi connectivity index (χ1) is 12.8. The van der Waals surface area contributed by atoms with Crippen molar-refractivity contribution in [2.24, 2.45) is 0 Å². The lowest BCUT2D eigenvalue weighted by Crippen LogP contribution is -2.39. The van der Waals surface area contributed by atoms with Crippen molar-refractivity contribution in [1.29, 1.82) is 0 Å². The third-order valence-electron chi connectivity index (χ3n) is 3.85. The zero-order valence-corrected chi connectivity index (χ0v) is 16.4. The Kier molecular flexibility index (Phi) is 5.40. The summed E-state index contributed by atoms with van der Waals surface area (Å²) in [6, 6.07) is 8.00. The van der Waals surface area contributed by atoms with Gasteiger partial charge in [-0.05, 0) is 31.5 Å². The van der Waals surface area contributed by atoms with Crippen molar-refractivity contribution in [1.82, 2.24) is 14.4 Å². The van der Waals surface area contributed by atoms with Gasteiger partial charge in [-0.2, -0.15) is 0 Å². The van der Waals surface area contributed by atoms with Gasteiger partial charge in [-0.1, -0.05) is 24.6 Å². The van der Waals surface area contributed by atoms with Crippen LogP contribution < -0.4 is 15.7 Å². The van der Waals surface area contributed by atoms with Gasteiger partial charge in [0.1, 0.15) is 11.2 Å². The number of carbonyl (C=O) groups excluding carboxylic acids is 1. The second kappa shape index (κ2) is 7.59. The molecule has 1 amide bonds. The predicted octanol–water partition coefficient (Wildman–Crippen LogP) is 1.38. The van der Waals surface area contributed by atoms with E-state index < -0.39 is 28.0 Å². The van der Waals surface area contributed by atoms with Gasteiger partial charge in [0, 0.05) is 4.88 Å². The average molecular weight is 406 g/mol. The van der Waals surface area contributed by atoms with E-state index in [1.54, 1.807) is 18.2 Å². The van der Waals surface area contributed by atoms with E-state index >= 15 is 0 Å². The van der Waals surface area contributed by atoms with Crippen LogP contribution in [0.15, 0.2) is 46.3 Å². The average Bonchev–Trinajstić information content (AvgIpc) is 3.07. The Bertz CT molecular complexity index is 1150. The number of benzene rings is 1. The van der Waals surface area contributed by atoms with E-state index in [0.29, 0.717) is 10.2 Å². The molecule has 0 fully saturated rings. The van der Waals surface area contributed by atoms with E-state index in [9.17, 15) is 18.0 Å². The van der Waals surface area contributed by atoms with Crippen molar-refractivity contribution in [3.05, 3.63) is 57.5 Å². The smallest absolute Gasteiger partial charge is 0.272 e. The fourth-order valence-corrected chi connectivity index (χ4v) is 4.27. The molecule has 8 nitrogen and oxygen atoms in total. The molecule has 2 heterocycles. The van der Waals surface area contributed by atoms with Crippen LogP contribution in [-0.4, -0.2) is 30.5 Å². The summed E-state index contributed by atoms with van der Waals surface area (Å²) >= 11 is 1.42. The molecule has 3 aromatic rings. The Labute approximate surface area is 159 Å². The molecule has 142 valence electrons. The van der Waals surface area contributed by atoms with Crippen molar-refractivity contribution in [2.75, 3.05) is 12.0 Å². The number of hydrogen-bond donors (Lipinski definition) is 2. The molecule has 0 saturated heterocycles. The van der Waals surface area contributed by atoms with Gasteiger partial charge in [0.25, 0.3) is 11.5 Å². The lowest BCUT2D eigenvalue weighted by molar-refractivity contribution is -0.116. The molecule has 27 heavy (non-hydrogen) atoms. The van der Waals surface area contributed by atoms with E-state index in [2.05, 4.69) is 15.1 Å². The zero-order valence-electron chi connectivity index (χ0n) is 14.7. The second-order valence-electron chi connectivity index (χ2n) is 5.88. The highest BCUT2D eigenvalue weighted by Gasteiger charge is 2.16. The molecule has 0 atom stereocenters. The first-order valence-corrected chi connectivity index (χ1v) is 10.5. The van der Waals surface area contributed by atoms with Crippen LogP contribution in [0.4, 0.5) is 0 Å². The van der Waals surface area contributed by atoms with Crippen LogP contribution in [0.25, 0.3) is 10.2 Å². The highest BCUT2D eigenvalue weighted by molar-refractivity contribution is 7.89. The van der Waals surface area contributed by atoms with Crippen LogP contribution in [-0.2, 0) is 21.2 Å². The molecule has 2 N–H and O–H groups in total. The molecule has 0 bridgehead atoms. The van der Waals surface area contributed by atoms with E-state index in [-0.39, 0.29) is 4.90 Å². The third kappa shape index (κ3) is 4.24. The van der Waals surface area contributed by atoms with Crippen molar-refractivity contribution < 1.29 is 13.2 Å². The highest BCUT2D eigenvalue weighted by Crippen LogP contribution is 2.20. The van der Waals surface area contributed by atoms with Crippen molar-refractivity contribution in [3.63, 3.8) is 0 Å². The molecule has 0 unspecified atom stereocenters. The number of aromatic nitrogens is 2. The quantitative estimate of drug-likeness (QED) is 0.643. The summed E-state index contributed by atoms with van der Waals surface area (Å²) in [4.78, 5) is 30.3. The summed E-state index contributed by atoms with van der Waals surface area (Å²) in [5.74, 6) is -0.681. The number of nitrogens with one attached hydrogen (secondary N) is 2. The van der Waals surface area contributed by atoms with Crippen molar-refractivity contribution >= 4 is 37.5 Å². The van der Waals surface area contributed by atoms with Gasteiger partial charge in [-0.15, -0.1) is 11.3 Å². The van der Waals surface area contributed by atoms with Crippen LogP contribution in [0.3, 0.4) is 0 Å². The van der Waals surface area contributed by atoms with Gasteiger partial charge in [-0.25, -0.2) is 22.8 Å². The number of amides is 1. The highest BCUT2D eigenvalue weighted by atomic mass is 32.2. The van der Waals surface area contributed by atoms with Crippen LogP contribution >= 0.6 is 11.3 Å². The lowest BCUT2D eigenvalue weighted by Gasteiger charge is -2.09. The summed E-state index contributed by atoms with van der Waals surface area (Å²) in [5.41, 5.74) is 2.86. The summed E-state index contributed by atoms with van der Waals surface area (Å²) in [6.07, 6.45) is 2.00. The third-order valence-corrected chi connectivity index (χ3v) is 6.46. The van der Waals surface area contributed by atoms with Gasteiger partial charge in [-0.3, -0.25) is 15.0 Å². The van der Waals surface area contributed by atoms with Crippen LogP contribution in [0, 0.1) is 6.92 Å². The number of rotatable bonds is 6. The maximum absolute atomic E-state index is 12.4. The Morgan fingerprint density at radius 3 is 2.63 bits per heavy atom. The monoisotopic (exact) mass is 406 g/mol. The Balaban J connectivity index is 1.70. The van der Waals surface area contributed by atoms with E-state index in [1.165, 1.54) is 29.8 Å². The molecule has 0 aliphatic carbocycles. The van der Waals surface area contributed by atoms with Gasteiger partial charge < -0.3 is 0 Å². The molecular formula is C17H18N4O4S2. The first kappa shape index (κ1) is 19.2. The Hall–Kier alpha value is -2.56. The number of hydrogen-bond acceptors (Lipinski definition) is 6. The van der Waals surface area contributed by atoms with Crippen LogP contribution in [0.5, 0.6) is 0 Å². The van der Waals surface area contributed by atoms with E-state index in [4.69, 9.17) is 0 Å². The zero-order chi connectivity index (χ0) is 19.6. The summed E-state index contributed by atoms with van der Waals surface area (Å²) < 4.78 is 27.6. The Morgan fingerprint density at radius 2 is 1.96 bits per heavy atom. The Morgan fingerprint density at radius 1 is 1.26 bits per heavy atom. The van der Waals surface area contributed by atoms with Gasteiger partial charge >= 0.3 is 0 Å². The molecule has 0 saturated carbocycles. The second-order valence-corrected chi connectivity index (χ2v) is 8.76. The SMILES string of the molecule is CCc1cc2c(=O)n(NC(=O)CNS(=O)(=O)c3ccc(C)cc3)cnc2s1. The topological polar surface area (TPSA) is 110 Å². The summed E-state index contributed by atoms with van der Waals surface area (Å²) in [5, 5.41) is 0.417. The predicted molar refractivity (Wildman–Crippen MR) is 104 cm³/mol. The molecule has 2 aromatic heterocycles. The molecule has 0 spiro atoms. The van der Waals surface area contributed by atoms with Crippen molar-refractivity contribution in [2.45, 2.75) is 25.2 Å². The number of nitrogens with zero attached hydrogens (tertiary/aromatic N) is 2. The summed E-state index contributed by atoms with van der Waals surface area (Å²) in [6.45, 7) is 3.31. The fraction of sp³-hybridized carbons (Fsp3) is 0.235. The number of fused-ring (bicyclic) bond motifs is 1. The number of aryl methyl sites for hydroxylation is 2. The van der Waals surface area contributed by atoms with Gasteiger partial charge in [0.15, 0.2) is 0 Å². The van der Waals surface area contributed by atoms with Crippen LogP contribution in [0.2, 0.25) is 0 Å². The molecule has 3 rings (SSSR count). The fourth-order valence-electron chi connectivity index (χ4n) is 2.36. The number of carbonyl (C=O) groups is 1. The van der Waals surface area contributed by atoms with Crippen LogP contribution in [0.1, 0.15) is 17.4 Å². The largest absolute Gasteiger partial charge is 0.280 e. The van der Waals surface area contributed by atoms with Gasteiger partial charge in [0.05, 0.1) is 16.8 Å². The van der Waals surface area contributed by atoms with E-state index in [0.717, 1.165) is 21.5 Å². The minimum atomic E-state index is -3.82. The maximum Gasteiger partial charge on any atom is 0.280 e. The van der Waals surface area contributed by atoms with E-state index in [1.807, 2.05) is 13.8 Å².